The fraction of sp³-hybridized carbons (Fsp3) is 0.625. The molecular weight excluding hydrogens is 351 g/mol. The standard InChI is InChI=1S/C8H14O3.Pb/c1-4-7(9)5-8(10)6(2)11-3;/h5-6,10H,4H2,1-3H3;/q;+1/p-1. The molecule has 0 aromatic rings. The molecule has 0 amide bonds. The Balaban J connectivity index is 4.31. The zero-order valence-electron chi connectivity index (χ0n) is 7.59. The van der Waals surface area contributed by atoms with E-state index in [1.54, 1.807) is 7.11 Å². The van der Waals surface area contributed by atoms with Crippen molar-refractivity contribution in [3.05, 3.63) is 11.8 Å². The summed E-state index contributed by atoms with van der Waals surface area (Å²) in [7, 11) is 1.59. The number of methoxy groups -OCH3 is 1. The van der Waals surface area contributed by atoms with Gasteiger partial charge in [0.05, 0.1) is 0 Å². The van der Waals surface area contributed by atoms with Gasteiger partial charge in [-0.2, -0.15) is 0 Å². The summed E-state index contributed by atoms with van der Waals surface area (Å²) in [5, 5.41) is 0. The number of ether oxygens (including phenoxy) is 1. The van der Waals surface area contributed by atoms with Crippen LogP contribution in [0.2, 0.25) is 0 Å². The van der Waals surface area contributed by atoms with Gasteiger partial charge in [-0.25, -0.2) is 0 Å². The second kappa shape index (κ2) is 6.59. The summed E-state index contributed by atoms with van der Waals surface area (Å²) < 4.78 is 10.2. The predicted molar refractivity (Wildman–Crippen MR) is 46.7 cm³/mol. The van der Waals surface area contributed by atoms with Crippen LogP contribution in [0.4, 0.5) is 0 Å². The third kappa shape index (κ3) is 4.20. The molecule has 0 aliphatic carbocycles. The monoisotopic (exact) mass is 365 g/mol. The number of hydrogen-bond donors (Lipinski definition) is 0. The quantitative estimate of drug-likeness (QED) is 0.415. The second-order valence-electron chi connectivity index (χ2n) is 2.35. The average Bonchev–Trinajstić information content (AvgIpc) is 2.12. The van der Waals surface area contributed by atoms with E-state index >= 15 is 0 Å². The van der Waals surface area contributed by atoms with Gasteiger partial charge in [-0.15, -0.1) is 0 Å². The molecule has 0 heterocycles. The van der Waals surface area contributed by atoms with Crippen molar-refractivity contribution in [3.8, 4) is 0 Å². The molecular formula is C8H13O3Pb. The summed E-state index contributed by atoms with van der Waals surface area (Å²) in [6.45, 7) is 3.67. The minimum atomic E-state index is -0.127. The average molecular weight is 364 g/mol. The molecule has 0 aromatic heterocycles. The zero-order valence-corrected chi connectivity index (χ0v) is 11.5. The summed E-state index contributed by atoms with van der Waals surface area (Å²) in [5.74, 6) is 0.709. The first-order valence-corrected chi connectivity index (χ1v) is 5.35. The molecule has 0 fully saturated rings. The van der Waals surface area contributed by atoms with E-state index in [9.17, 15) is 4.79 Å². The van der Waals surface area contributed by atoms with Gasteiger partial charge in [0.15, 0.2) is 0 Å². The number of carbonyl (C=O) groups is 1. The Morgan fingerprint density at radius 2 is 2.25 bits per heavy atom. The second-order valence-corrected chi connectivity index (χ2v) is 3.14. The van der Waals surface area contributed by atoms with E-state index < -0.39 is 0 Å². The molecule has 12 heavy (non-hydrogen) atoms. The SMILES string of the molecule is CCC(=O)C=C([O][Pb])C(C)OC. The van der Waals surface area contributed by atoms with Crippen molar-refractivity contribution in [2.75, 3.05) is 7.11 Å². The number of carbonyl (C=O) groups excluding carboxylic acids is 1. The summed E-state index contributed by atoms with van der Waals surface area (Å²) in [6.07, 6.45) is 1.89. The normalized spacial score (nSPS) is 14.2. The first kappa shape index (κ1) is 12.1. The molecule has 0 saturated carbocycles. The van der Waals surface area contributed by atoms with Crippen molar-refractivity contribution in [1.29, 1.82) is 0 Å². The molecule has 1 atom stereocenters. The number of hydrogen-bond acceptors (Lipinski definition) is 3. The fourth-order valence-corrected chi connectivity index (χ4v) is 1.48. The topological polar surface area (TPSA) is 35.5 Å². The predicted octanol–water partition coefficient (Wildman–Crippen LogP) is 0.984. The zero-order chi connectivity index (χ0) is 9.56. The Labute approximate surface area is 89.5 Å². The van der Waals surface area contributed by atoms with E-state index in [4.69, 9.17) is 7.42 Å². The molecule has 0 saturated heterocycles. The Morgan fingerprint density at radius 1 is 1.67 bits per heavy atom. The fourth-order valence-electron chi connectivity index (χ4n) is 0.607. The number of allylic oxidation sites excluding steroid dienone is 1. The van der Waals surface area contributed by atoms with Crippen LogP contribution < -0.4 is 0 Å². The first-order chi connectivity index (χ1) is 5.65. The van der Waals surface area contributed by atoms with Gasteiger partial charge in [0.25, 0.3) is 0 Å². The maximum atomic E-state index is 11.0. The van der Waals surface area contributed by atoms with E-state index in [1.165, 1.54) is 6.08 Å². The van der Waals surface area contributed by atoms with Crippen LogP contribution in [0.25, 0.3) is 0 Å². The molecule has 0 bridgehead atoms. The minimum absolute atomic E-state index is 0.0738. The van der Waals surface area contributed by atoms with Gasteiger partial charge in [-0.3, -0.25) is 0 Å². The Bertz CT molecular complexity index is 177. The van der Waals surface area contributed by atoms with Gasteiger partial charge in [-0.1, -0.05) is 0 Å². The van der Waals surface area contributed by atoms with Crippen LogP contribution >= 0.6 is 0 Å². The van der Waals surface area contributed by atoms with Crippen LogP contribution in [0.1, 0.15) is 20.3 Å². The van der Waals surface area contributed by atoms with E-state index in [0.717, 1.165) is 0 Å². The van der Waals surface area contributed by atoms with Gasteiger partial charge in [0, 0.05) is 0 Å². The van der Waals surface area contributed by atoms with Crippen LogP contribution in [-0.2, 0) is 12.2 Å². The van der Waals surface area contributed by atoms with E-state index in [2.05, 4.69) is 0 Å². The van der Waals surface area contributed by atoms with Gasteiger partial charge in [0.1, 0.15) is 0 Å². The van der Waals surface area contributed by atoms with Crippen LogP contribution in [0, 0.1) is 0 Å². The van der Waals surface area contributed by atoms with Crippen molar-refractivity contribution >= 4 is 32.0 Å². The van der Waals surface area contributed by atoms with Crippen molar-refractivity contribution in [1.82, 2.24) is 0 Å². The van der Waals surface area contributed by atoms with Crippen molar-refractivity contribution in [2.24, 2.45) is 0 Å². The molecule has 0 spiro atoms. The Kier molecular flexibility index (Phi) is 6.64. The molecule has 0 aromatic carbocycles. The molecule has 4 heteroatoms. The van der Waals surface area contributed by atoms with Gasteiger partial charge < -0.3 is 0 Å². The van der Waals surface area contributed by atoms with Crippen LogP contribution in [0.5, 0.6) is 0 Å². The molecule has 0 rings (SSSR count). The van der Waals surface area contributed by atoms with E-state index in [-0.39, 0.29) is 11.9 Å². The first-order valence-electron chi connectivity index (χ1n) is 3.76. The third-order valence-electron chi connectivity index (χ3n) is 1.52. The number of ketones is 1. The van der Waals surface area contributed by atoms with E-state index in [1.807, 2.05) is 13.8 Å². The molecule has 0 N–H and O–H groups in total. The summed E-state index contributed by atoms with van der Waals surface area (Å²) in [5.41, 5.74) is 0. The molecule has 1 unspecified atom stereocenters. The van der Waals surface area contributed by atoms with E-state index in [0.29, 0.717) is 38.4 Å². The molecule has 0 aliphatic rings. The summed E-state index contributed by atoms with van der Waals surface area (Å²) in [6, 6.07) is 0. The Hall–Kier alpha value is 0.0921. The van der Waals surface area contributed by atoms with Gasteiger partial charge in [-0.05, 0) is 0 Å². The third-order valence-corrected chi connectivity index (χ3v) is 2.44. The van der Waals surface area contributed by atoms with Gasteiger partial charge >= 0.3 is 89.5 Å². The molecule has 3 nitrogen and oxygen atoms in total. The molecule has 67 valence electrons. The van der Waals surface area contributed by atoms with Crippen molar-refractivity contribution in [2.45, 2.75) is 26.4 Å². The summed E-state index contributed by atoms with van der Waals surface area (Å²) >= 11 is 0.582. The summed E-state index contributed by atoms with van der Waals surface area (Å²) in [4.78, 5) is 11.0. The Morgan fingerprint density at radius 3 is 2.58 bits per heavy atom. The molecule has 3 radical (unpaired) electrons. The number of rotatable bonds is 5. The van der Waals surface area contributed by atoms with Crippen LogP contribution in [0.15, 0.2) is 11.8 Å². The van der Waals surface area contributed by atoms with Gasteiger partial charge in [0.2, 0.25) is 0 Å². The van der Waals surface area contributed by atoms with Crippen LogP contribution in [0.3, 0.4) is 0 Å². The van der Waals surface area contributed by atoms with Crippen molar-refractivity contribution in [3.63, 3.8) is 0 Å². The van der Waals surface area contributed by atoms with Crippen LogP contribution in [-0.4, -0.2) is 45.2 Å². The maximum absolute atomic E-state index is 11.0. The van der Waals surface area contributed by atoms with Crippen molar-refractivity contribution < 1.29 is 12.2 Å². The molecule has 0 aliphatic heterocycles.